The van der Waals surface area contributed by atoms with Crippen molar-refractivity contribution >= 4 is 51.8 Å². The normalized spacial score (nSPS) is 17.3. The highest BCUT2D eigenvalue weighted by Crippen LogP contribution is 2.36. The van der Waals surface area contributed by atoms with Crippen LogP contribution >= 0.6 is 24.0 Å². The summed E-state index contributed by atoms with van der Waals surface area (Å²) in [4.78, 5) is 32.0. The van der Waals surface area contributed by atoms with E-state index in [0.29, 0.717) is 71.2 Å². The van der Waals surface area contributed by atoms with E-state index in [1.165, 1.54) is 27.3 Å². The summed E-state index contributed by atoms with van der Waals surface area (Å²) < 4.78 is 21.3. The van der Waals surface area contributed by atoms with E-state index in [9.17, 15) is 19.2 Å². The Morgan fingerprint density at radius 2 is 1.86 bits per heavy atom. The smallest absolute Gasteiger partial charge is 0.270 e. The van der Waals surface area contributed by atoms with Crippen LogP contribution in [0.25, 0.3) is 6.08 Å². The van der Waals surface area contributed by atoms with Crippen molar-refractivity contribution < 1.29 is 13.9 Å². The first-order valence-corrected chi connectivity index (χ1v) is 12.6. The number of hydrogen-bond donors (Lipinski definition) is 0. The highest BCUT2D eigenvalue weighted by atomic mass is 32.2. The van der Waals surface area contributed by atoms with E-state index in [4.69, 9.17) is 17.0 Å². The molecule has 0 radical (unpaired) electrons. The fourth-order valence-electron chi connectivity index (χ4n) is 4.47. The first-order chi connectivity index (χ1) is 17.3. The second kappa shape index (κ2) is 10.8. The van der Waals surface area contributed by atoms with Gasteiger partial charge in [0.05, 0.1) is 23.7 Å². The van der Waals surface area contributed by atoms with Crippen LogP contribution in [-0.4, -0.2) is 66.1 Å². The zero-order valence-electron chi connectivity index (χ0n) is 20.3. The number of para-hydroxylation sites is 1. The molecule has 2 saturated heterocycles. The number of anilines is 2. The number of carbonyl (C=O) groups excluding carboxylic acids is 1. The highest BCUT2D eigenvalue weighted by Gasteiger charge is 2.33. The molecule has 1 amide bonds. The standard InChI is InChI=1S/C25H26FN5O3S2/c1-16-17(14-21-24(33)31(12-13-34-3)25(35)36-21)22(28(2)23(32)18(16)15-27)30-10-8-29(9-11-30)20-7-5-4-6-19(20)26/h4-7,14H,8-13H2,1-3H3. The van der Waals surface area contributed by atoms with E-state index in [1.807, 2.05) is 15.9 Å². The van der Waals surface area contributed by atoms with Gasteiger partial charge in [-0.2, -0.15) is 5.26 Å². The van der Waals surface area contributed by atoms with Crippen LogP contribution < -0.4 is 15.4 Å². The average Bonchev–Trinajstić information content (AvgIpc) is 3.14. The Kier molecular flexibility index (Phi) is 7.78. The SMILES string of the molecule is COCCN1C(=O)C(=Cc2c(C)c(C#N)c(=O)n(C)c2N2CCN(c3ccccc3F)CC2)SC1=S. The minimum Gasteiger partial charge on any atom is -0.383 e. The Morgan fingerprint density at radius 1 is 1.19 bits per heavy atom. The molecular weight excluding hydrogens is 501 g/mol. The molecule has 11 heteroatoms. The lowest BCUT2D eigenvalue weighted by molar-refractivity contribution is -0.122. The van der Waals surface area contributed by atoms with E-state index in [1.54, 1.807) is 45.4 Å². The van der Waals surface area contributed by atoms with Gasteiger partial charge in [0.2, 0.25) is 0 Å². The van der Waals surface area contributed by atoms with Crippen molar-refractivity contribution in [1.29, 1.82) is 5.26 Å². The van der Waals surface area contributed by atoms with Crippen LogP contribution in [0.15, 0.2) is 34.0 Å². The summed E-state index contributed by atoms with van der Waals surface area (Å²) in [5.41, 5.74) is 1.32. The van der Waals surface area contributed by atoms with Crippen LogP contribution in [0.1, 0.15) is 16.7 Å². The number of rotatable bonds is 6. The fourth-order valence-corrected chi connectivity index (χ4v) is 5.76. The molecule has 2 aliphatic rings. The lowest BCUT2D eigenvalue weighted by Crippen LogP contribution is -2.48. The molecule has 0 saturated carbocycles. The van der Waals surface area contributed by atoms with Gasteiger partial charge < -0.3 is 14.5 Å². The van der Waals surface area contributed by atoms with Crippen molar-refractivity contribution in [3.8, 4) is 6.07 Å². The van der Waals surface area contributed by atoms with Crippen LogP contribution in [0.3, 0.4) is 0 Å². The Bertz CT molecular complexity index is 1340. The van der Waals surface area contributed by atoms with Gasteiger partial charge in [-0.3, -0.25) is 19.1 Å². The van der Waals surface area contributed by atoms with E-state index in [0.717, 1.165) is 0 Å². The van der Waals surface area contributed by atoms with Gasteiger partial charge in [0.25, 0.3) is 11.5 Å². The Labute approximate surface area is 218 Å². The zero-order chi connectivity index (χ0) is 26.0. The third kappa shape index (κ3) is 4.76. The molecule has 2 aliphatic heterocycles. The maximum absolute atomic E-state index is 14.3. The number of aromatic nitrogens is 1. The molecule has 4 rings (SSSR count). The van der Waals surface area contributed by atoms with Crippen LogP contribution in [-0.2, 0) is 16.6 Å². The number of methoxy groups -OCH3 is 1. The maximum Gasteiger partial charge on any atom is 0.270 e. The molecule has 1 aromatic carbocycles. The number of nitrogens with zero attached hydrogens (tertiary/aromatic N) is 5. The van der Waals surface area contributed by atoms with Gasteiger partial charge in [-0.25, -0.2) is 4.39 Å². The number of amides is 1. The van der Waals surface area contributed by atoms with Gasteiger partial charge in [-0.1, -0.05) is 36.1 Å². The molecule has 1 aromatic heterocycles. The number of thioether (sulfide) groups is 1. The Hall–Kier alpha value is -3.20. The molecule has 2 aromatic rings. The number of halogens is 1. The number of pyridine rings is 1. The summed E-state index contributed by atoms with van der Waals surface area (Å²) in [7, 11) is 3.19. The average molecular weight is 528 g/mol. The van der Waals surface area contributed by atoms with Crippen molar-refractivity contribution in [2.75, 3.05) is 56.2 Å². The second-order valence-electron chi connectivity index (χ2n) is 8.46. The van der Waals surface area contributed by atoms with Crippen LogP contribution in [0.2, 0.25) is 0 Å². The van der Waals surface area contributed by atoms with Crippen molar-refractivity contribution in [3.63, 3.8) is 0 Å². The minimum atomic E-state index is -0.397. The predicted octanol–water partition coefficient (Wildman–Crippen LogP) is 2.88. The van der Waals surface area contributed by atoms with Gasteiger partial charge in [-0.15, -0.1) is 0 Å². The molecule has 0 bridgehead atoms. The van der Waals surface area contributed by atoms with E-state index < -0.39 is 5.56 Å². The number of thiocarbonyl (C=S) groups is 1. The van der Waals surface area contributed by atoms with E-state index in [-0.39, 0.29) is 17.3 Å². The number of hydrogen-bond acceptors (Lipinski definition) is 8. The number of piperazine rings is 1. The van der Waals surface area contributed by atoms with Crippen LogP contribution in [0.5, 0.6) is 0 Å². The molecule has 0 unspecified atom stereocenters. The quantitative estimate of drug-likeness (QED) is 0.419. The minimum absolute atomic E-state index is 0.0346. The summed E-state index contributed by atoms with van der Waals surface area (Å²) in [5.74, 6) is 0.111. The third-order valence-electron chi connectivity index (χ3n) is 6.41. The molecule has 188 valence electrons. The topological polar surface area (TPSA) is 81.8 Å². The molecule has 0 atom stereocenters. The lowest BCUT2D eigenvalue weighted by Gasteiger charge is -2.38. The molecular formula is C25H26FN5O3S2. The van der Waals surface area contributed by atoms with Crippen molar-refractivity contribution in [3.05, 3.63) is 62.0 Å². The first-order valence-electron chi connectivity index (χ1n) is 11.4. The Morgan fingerprint density at radius 3 is 2.50 bits per heavy atom. The van der Waals surface area contributed by atoms with Crippen molar-refractivity contribution in [2.45, 2.75) is 6.92 Å². The summed E-state index contributed by atoms with van der Waals surface area (Å²) in [5, 5.41) is 9.68. The summed E-state index contributed by atoms with van der Waals surface area (Å²) >= 11 is 6.59. The third-order valence-corrected chi connectivity index (χ3v) is 7.79. The van der Waals surface area contributed by atoms with Gasteiger partial charge >= 0.3 is 0 Å². The molecule has 0 aliphatic carbocycles. The first kappa shape index (κ1) is 25.9. The Balaban J connectivity index is 1.72. The zero-order valence-corrected chi connectivity index (χ0v) is 21.9. The van der Waals surface area contributed by atoms with Crippen molar-refractivity contribution in [2.24, 2.45) is 7.05 Å². The fraction of sp³-hybridized carbons (Fsp3) is 0.360. The van der Waals surface area contributed by atoms with Crippen LogP contribution in [0, 0.1) is 24.1 Å². The van der Waals surface area contributed by atoms with Crippen molar-refractivity contribution in [1.82, 2.24) is 9.47 Å². The maximum atomic E-state index is 14.3. The second-order valence-corrected chi connectivity index (χ2v) is 10.1. The van der Waals surface area contributed by atoms with Gasteiger partial charge in [0, 0.05) is 45.9 Å². The molecule has 36 heavy (non-hydrogen) atoms. The number of ether oxygens (including phenoxy) is 1. The number of carbonyl (C=O) groups is 1. The number of benzene rings is 1. The molecule has 3 heterocycles. The molecule has 8 nitrogen and oxygen atoms in total. The van der Waals surface area contributed by atoms with E-state index in [2.05, 4.69) is 0 Å². The summed E-state index contributed by atoms with van der Waals surface area (Å²) in [6.45, 7) is 4.58. The summed E-state index contributed by atoms with van der Waals surface area (Å²) in [6, 6.07) is 8.68. The lowest BCUT2D eigenvalue weighted by atomic mass is 10.0. The van der Waals surface area contributed by atoms with Gasteiger partial charge in [0.1, 0.15) is 27.6 Å². The molecule has 0 spiro atoms. The largest absolute Gasteiger partial charge is 0.383 e. The summed E-state index contributed by atoms with van der Waals surface area (Å²) in [6.07, 6.45) is 1.72. The van der Waals surface area contributed by atoms with E-state index >= 15 is 0 Å². The van der Waals surface area contributed by atoms with Gasteiger partial charge in [0.15, 0.2) is 0 Å². The molecule has 2 fully saturated rings. The number of nitriles is 1. The molecule has 0 N–H and O–H groups in total. The predicted molar refractivity (Wildman–Crippen MR) is 144 cm³/mol. The highest BCUT2D eigenvalue weighted by molar-refractivity contribution is 8.26. The van der Waals surface area contributed by atoms with Gasteiger partial charge in [-0.05, 0) is 30.7 Å². The van der Waals surface area contributed by atoms with Crippen LogP contribution in [0.4, 0.5) is 15.9 Å². The monoisotopic (exact) mass is 527 g/mol.